The van der Waals surface area contributed by atoms with Crippen LogP contribution in [0.4, 0.5) is 0 Å². The molecule has 1 atom stereocenters. The van der Waals surface area contributed by atoms with Gasteiger partial charge in [0.25, 0.3) is 0 Å². The molecule has 5 rings (SSSR count). The van der Waals surface area contributed by atoms with Gasteiger partial charge in [-0.15, -0.1) is 0 Å². The van der Waals surface area contributed by atoms with Gasteiger partial charge in [0.1, 0.15) is 0 Å². The van der Waals surface area contributed by atoms with E-state index in [4.69, 9.17) is 0 Å². The minimum Gasteiger partial charge on any atom is -0.309 e. The van der Waals surface area contributed by atoms with Crippen molar-refractivity contribution in [3.8, 4) is 16.8 Å². The average Bonchev–Trinajstić information content (AvgIpc) is 3.13. The minimum atomic E-state index is 0.604. The summed E-state index contributed by atoms with van der Waals surface area (Å²) >= 11 is 0. The molecule has 30 heavy (non-hydrogen) atoms. The van der Waals surface area contributed by atoms with Gasteiger partial charge in [-0.3, -0.25) is 4.98 Å². The maximum Gasteiger partial charge on any atom is 0.0571 e. The molecule has 0 radical (unpaired) electrons. The Bertz CT molecular complexity index is 1290. The third-order valence-electron chi connectivity index (χ3n) is 6.35. The summed E-state index contributed by atoms with van der Waals surface area (Å²) < 4.78 is 2.34. The molecule has 0 spiro atoms. The Hall–Kier alpha value is -3.39. The number of nitrogens with zero attached hydrogens (tertiary/aromatic N) is 2. The molecule has 0 aliphatic rings. The van der Waals surface area contributed by atoms with Crippen molar-refractivity contribution in [1.29, 1.82) is 0 Å². The van der Waals surface area contributed by atoms with Crippen LogP contribution in [0.5, 0.6) is 0 Å². The molecule has 3 aromatic carbocycles. The molecule has 0 N–H and O–H groups in total. The lowest BCUT2D eigenvalue weighted by Crippen LogP contribution is -1.96. The summed E-state index contributed by atoms with van der Waals surface area (Å²) in [6, 6.07) is 26.5. The summed E-state index contributed by atoms with van der Waals surface area (Å²) in [5, 5.41) is 2.43. The van der Waals surface area contributed by atoms with Gasteiger partial charge in [0.15, 0.2) is 0 Å². The average molecular weight is 391 g/mol. The number of fused-ring (bicyclic) bond motifs is 3. The highest BCUT2D eigenvalue weighted by Gasteiger charge is 2.13. The fraction of sp³-hybridized carbons (Fsp3) is 0.179. The molecule has 0 saturated carbocycles. The van der Waals surface area contributed by atoms with Crippen LogP contribution in [0.25, 0.3) is 38.6 Å². The van der Waals surface area contributed by atoms with Crippen LogP contribution in [0.1, 0.15) is 37.3 Å². The SMILES string of the molecule is CCC(C)c1ccc(-c2ccc(-n3c4ccccc4c4cnccc43)cc2C)cc1. The lowest BCUT2D eigenvalue weighted by atomic mass is 9.94. The van der Waals surface area contributed by atoms with Crippen molar-refractivity contribution in [1.82, 2.24) is 9.55 Å². The van der Waals surface area contributed by atoms with Crippen LogP contribution < -0.4 is 0 Å². The van der Waals surface area contributed by atoms with E-state index in [9.17, 15) is 0 Å². The predicted molar refractivity (Wildman–Crippen MR) is 127 cm³/mol. The highest BCUT2D eigenvalue weighted by molar-refractivity contribution is 6.08. The smallest absolute Gasteiger partial charge is 0.0571 e. The van der Waals surface area contributed by atoms with E-state index in [0.717, 1.165) is 0 Å². The van der Waals surface area contributed by atoms with Crippen molar-refractivity contribution >= 4 is 21.8 Å². The van der Waals surface area contributed by atoms with E-state index < -0.39 is 0 Å². The summed E-state index contributed by atoms with van der Waals surface area (Å²) in [7, 11) is 0. The molecule has 0 aliphatic carbocycles. The van der Waals surface area contributed by atoms with Gasteiger partial charge in [-0.2, -0.15) is 0 Å². The minimum absolute atomic E-state index is 0.604. The van der Waals surface area contributed by atoms with Crippen molar-refractivity contribution in [2.24, 2.45) is 0 Å². The number of aromatic nitrogens is 2. The fourth-order valence-electron chi connectivity index (χ4n) is 4.43. The summed E-state index contributed by atoms with van der Waals surface area (Å²) in [6.07, 6.45) is 5.01. The maximum atomic E-state index is 4.35. The first-order valence-electron chi connectivity index (χ1n) is 10.7. The number of hydrogen-bond acceptors (Lipinski definition) is 1. The highest BCUT2D eigenvalue weighted by atomic mass is 15.0. The number of para-hydroxylation sites is 1. The molecule has 2 heterocycles. The van der Waals surface area contributed by atoms with Crippen LogP contribution in [0, 0.1) is 6.92 Å². The summed E-state index contributed by atoms with van der Waals surface area (Å²) in [5.41, 5.74) is 8.85. The lowest BCUT2D eigenvalue weighted by molar-refractivity contribution is 0.734. The van der Waals surface area contributed by atoms with Gasteiger partial charge in [-0.25, -0.2) is 0 Å². The van der Waals surface area contributed by atoms with Gasteiger partial charge in [-0.1, -0.05) is 62.4 Å². The van der Waals surface area contributed by atoms with Gasteiger partial charge in [-0.05, 0) is 65.8 Å². The second-order valence-corrected chi connectivity index (χ2v) is 8.18. The van der Waals surface area contributed by atoms with Crippen LogP contribution >= 0.6 is 0 Å². The van der Waals surface area contributed by atoms with Crippen molar-refractivity contribution in [2.75, 3.05) is 0 Å². The molecule has 2 nitrogen and oxygen atoms in total. The molecule has 0 aliphatic heterocycles. The third-order valence-corrected chi connectivity index (χ3v) is 6.35. The Morgan fingerprint density at radius 1 is 0.867 bits per heavy atom. The monoisotopic (exact) mass is 390 g/mol. The quantitative estimate of drug-likeness (QED) is 0.308. The zero-order valence-electron chi connectivity index (χ0n) is 17.8. The molecule has 1 unspecified atom stereocenters. The lowest BCUT2D eigenvalue weighted by Gasteiger charge is -2.14. The van der Waals surface area contributed by atoms with Crippen molar-refractivity contribution < 1.29 is 0 Å². The van der Waals surface area contributed by atoms with Crippen molar-refractivity contribution in [2.45, 2.75) is 33.1 Å². The molecule has 2 heteroatoms. The van der Waals surface area contributed by atoms with E-state index in [-0.39, 0.29) is 0 Å². The van der Waals surface area contributed by atoms with E-state index in [0.29, 0.717) is 5.92 Å². The van der Waals surface area contributed by atoms with Gasteiger partial charge < -0.3 is 4.57 Å². The van der Waals surface area contributed by atoms with Crippen LogP contribution in [-0.2, 0) is 0 Å². The summed E-state index contributed by atoms with van der Waals surface area (Å²) in [5.74, 6) is 0.604. The molecule has 148 valence electrons. The molecule has 0 saturated heterocycles. The first-order valence-corrected chi connectivity index (χ1v) is 10.7. The zero-order valence-corrected chi connectivity index (χ0v) is 17.8. The second-order valence-electron chi connectivity index (χ2n) is 8.18. The number of aryl methyl sites for hydroxylation is 1. The summed E-state index contributed by atoms with van der Waals surface area (Å²) in [6.45, 7) is 6.74. The predicted octanol–water partition coefficient (Wildman–Crippen LogP) is 7.67. The highest BCUT2D eigenvalue weighted by Crippen LogP contribution is 2.33. The van der Waals surface area contributed by atoms with E-state index in [1.165, 1.54) is 56.2 Å². The fourth-order valence-corrected chi connectivity index (χ4v) is 4.43. The van der Waals surface area contributed by atoms with E-state index in [2.05, 4.69) is 103 Å². The number of benzene rings is 3. The first-order chi connectivity index (χ1) is 14.7. The molecule has 5 aromatic rings. The molecular weight excluding hydrogens is 364 g/mol. The largest absolute Gasteiger partial charge is 0.309 e. The first kappa shape index (κ1) is 18.6. The van der Waals surface area contributed by atoms with E-state index in [1.807, 2.05) is 12.4 Å². The van der Waals surface area contributed by atoms with Crippen molar-refractivity contribution in [3.05, 3.63) is 96.3 Å². The van der Waals surface area contributed by atoms with Crippen LogP contribution in [0.2, 0.25) is 0 Å². The molecule has 0 fully saturated rings. The maximum absolute atomic E-state index is 4.35. The zero-order chi connectivity index (χ0) is 20.7. The number of rotatable bonds is 4. The van der Waals surface area contributed by atoms with Crippen LogP contribution in [0.3, 0.4) is 0 Å². The van der Waals surface area contributed by atoms with Gasteiger partial charge in [0.2, 0.25) is 0 Å². The Kier molecular flexibility index (Phi) is 4.63. The Labute approximate surface area is 177 Å². The van der Waals surface area contributed by atoms with E-state index in [1.54, 1.807) is 0 Å². The molecular formula is C28H26N2. The van der Waals surface area contributed by atoms with Gasteiger partial charge >= 0.3 is 0 Å². The standard InChI is InChI=1S/C28H26N2/c1-4-19(2)21-9-11-22(12-10-21)24-14-13-23(17-20(24)3)30-27-8-6-5-7-25(27)26-18-29-16-15-28(26)30/h5-19H,4H2,1-3H3. The molecule has 2 aromatic heterocycles. The Morgan fingerprint density at radius 2 is 1.63 bits per heavy atom. The molecule has 0 bridgehead atoms. The van der Waals surface area contributed by atoms with E-state index >= 15 is 0 Å². The van der Waals surface area contributed by atoms with Crippen molar-refractivity contribution in [3.63, 3.8) is 0 Å². The van der Waals surface area contributed by atoms with Gasteiger partial charge in [0.05, 0.1) is 11.0 Å². The second kappa shape index (κ2) is 7.46. The molecule has 0 amide bonds. The number of pyridine rings is 1. The van der Waals surface area contributed by atoms with Crippen LogP contribution in [0.15, 0.2) is 85.2 Å². The number of hydrogen-bond donors (Lipinski definition) is 0. The Morgan fingerprint density at radius 3 is 2.40 bits per heavy atom. The van der Waals surface area contributed by atoms with Gasteiger partial charge in [0, 0.05) is 28.9 Å². The van der Waals surface area contributed by atoms with Crippen LogP contribution in [-0.4, -0.2) is 9.55 Å². The summed E-state index contributed by atoms with van der Waals surface area (Å²) in [4.78, 5) is 4.35. The Balaban J connectivity index is 1.62. The third kappa shape index (κ3) is 3.00. The topological polar surface area (TPSA) is 17.8 Å². The normalized spacial score (nSPS) is 12.5.